The lowest BCUT2D eigenvalue weighted by atomic mass is 9.98. The number of ether oxygens (including phenoxy) is 2. The lowest BCUT2D eigenvalue weighted by molar-refractivity contribution is -0.148. The summed E-state index contributed by atoms with van der Waals surface area (Å²) < 4.78 is 78.7. The van der Waals surface area contributed by atoms with Crippen LogP contribution in [0.1, 0.15) is 18.4 Å². The average Bonchev–Trinajstić information content (AvgIpc) is 2.88. The van der Waals surface area contributed by atoms with E-state index in [1.165, 1.54) is 29.5 Å². The summed E-state index contributed by atoms with van der Waals surface area (Å²) in [5.41, 5.74) is 1.46. The molecule has 1 aliphatic heterocycles. The van der Waals surface area contributed by atoms with Crippen LogP contribution < -0.4 is 14.2 Å². The third-order valence-electron chi connectivity index (χ3n) is 5.90. The average molecular weight is 554 g/mol. The topological polar surface area (TPSA) is 89.5 Å². The summed E-state index contributed by atoms with van der Waals surface area (Å²) in [5, 5.41) is 0. The van der Waals surface area contributed by atoms with Gasteiger partial charge in [-0.15, -0.1) is 0 Å². The van der Waals surface area contributed by atoms with Crippen molar-refractivity contribution < 1.29 is 31.2 Å². The number of aromatic nitrogens is 3. The molecule has 1 saturated heterocycles. The molecule has 0 amide bonds. The van der Waals surface area contributed by atoms with Gasteiger partial charge in [0.05, 0.1) is 13.2 Å². The first-order valence-electron chi connectivity index (χ1n) is 11.9. The summed E-state index contributed by atoms with van der Waals surface area (Å²) in [7, 11) is -1.45. The van der Waals surface area contributed by atoms with Crippen molar-refractivity contribution in [3.05, 3.63) is 60.3 Å². The molecule has 0 radical (unpaired) electrons. The molecule has 13 heteroatoms. The zero-order valence-corrected chi connectivity index (χ0v) is 21.4. The molecule has 3 aromatic rings. The molecular formula is C25H27F4N5O3S. The number of rotatable bonds is 10. The first-order valence-corrected chi connectivity index (χ1v) is 13.4. The van der Waals surface area contributed by atoms with Crippen LogP contribution in [-0.4, -0.2) is 62.7 Å². The molecule has 0 bridgehead atoms. The number of likely N-dealkylation sites (tertiary alicyclic amines) is 1. The van der Waals surface area contributed by atoms with E-state index in [9.17, 15) is 21.8 Å². The van der Waals surface area contributed by atoms with Gasteiger partial charge < -0.3 is 14.2 Å². The quantitative estimate of drug-likeness (QED) is 0.367. The van der Waals surface area contributed by atoms with Gasteiger partial charge in [0, 0.05) is 36.5 Å². The Kier molecular flexibility index (Phi) is 9.10. The van der Waals surface area contributed by atoms with Crippen molar-refractivity contribution in [2.45, 2.75) is 25.6 Å². The second-order valence-electron chi connectivity index (χ2n) is 8.90. The highest BCUT2D eigenvalue weighted by molar-refractivity contribution is 7.85. The molecule has 3 aromatic heterocycles. The predicted molar refractivity (Wildman–Crippen MR) is 134 cm³/mol. The Morgan fingerprint density at radius 3 is 2.55 bits per heavy atom. The Hall–Kier alpha value is -3.32. The third-order valence-corrected chi connectivity index (χ3v) is 6.41. The summed E-state index contributed by atoms with van der Waals surface area (Å²) in [6.07, 6.45) is 3.04. The van der Waals surface area contributed by atoms with E-state index in [0.717, 1.165) is 5.56 Å². The van der Waals surface area contributed by atoms with Gasteiger partial charge in [-0.25, -0.2) is 18.6 Å². The van der Waals surface area contributed by atoms with E-state index in [0.29, 0.717) is 37.2 Å². The zero-order chi connectivity index (χ0) is 27.1. The van der Waals surface area contributed by atoms with Crippen LogP contribution in [0.15, 0.2) is 48.9 Å². The van der Waals surface area contributed by atoms with Crippen LogP contribution in [-0.2, 0) is 17.6 Å². The molecule has 8 nitrogen and oxygen atoms in total. The Bertz CT molecular complexity index is 1240. The maximum Gasteiger partial charge on any atom is 0.401 e. The number of pyridine rings is 3. The normalized spacial score (nSPS) is 15.7. The SMILES string of the molecule is CS(=O)Nc1cc(-c2nc(OCC3CCN(CC(F)(F)F)CC3)ccc2F)cnc1OCc1ccncc1. The molecule has 1 N–H and O–H groups in total. The molecule has 0 saturated carbocycles. The van der Waals surface area contributed by atoms with E-state index >= 15 is 0 Å². The van der Waals surface area contributed by atoms with E-state index in [1.54, 1.807) is 30.6 Å². The van der Waals surface area contributed by atoms with Gasteiger partial charge >= 0.3 is 6.18 Å². The Morgan fingerprint density at radius 2 is 1.87 bits per heavy atom. The van der Waals surface area contributed by atoms with Crippen LogP contribution >= 0.6 is 0 Å². The van der Waals surface area contributed by atoms with Crippen molar-refractivity contribution >= 4 is 16.7 Å². The summed E-state index contributed by atoms with van der Waals surface area (Å²) >= 11 is 0. The number of alkyl halides is 3. The molecular weight excluding hydrogens is 526 g/mol. The highest BCUT2D eigenvalue weighted by Crippen LogP contribution is 2.31. The van der Waals surface area contributed by atoms with Crippen molar-refractivity contribution in [2.75, 3.05) is 37.2 Å². The maximum absolute atomic E-state index is 14.7. The number of piperidine rings is 1. The lowest BCUT2D eigenvalue weighted by Crippen LogP contribution is -2.41. The van der Waals surface area contributed by atoms with Crippen LogP contribution in [0.25, 0.3) is 11.3 Å². The minimum absolute atomic E-state index is 0.0133. The Morgan fingerprint density at radius 1 is 1.13 bits per heavy atom. The second kappa shape index (κ2) is 12.5. The first-order chi connectivity index (χ1) is 18.2. The molecule has 38 heavy (non-hydrogen) atoms. The van der Waals surface area contributed by atoms with Gasteiger partial charge in [-0.1, -0.05) is 0 Å². The standard InChI is InChI=1S/C25H27F4N5O3S/c1-38(35)33-21-12-19(13-31-24(21)37-15-17-4-8-30-9-5-17)23-20(26)2-3-22(32-23)36-14-18-6-10-34(11-7-18)16-25(27,28)29/h2-5,8-9,12-13,18,33H,6-7,10-11,14-16H2,1H3. The van der Waals surface area contributed by atoms with Crippen molar-refractivity contribution in [2.24, 2.45) is 5.92 Å². The molecule has 204 valence electrons. The third kappa shape index (κ3) is 8.09. The number of halogens is 4. The fourth-order valence-electron chi connectivity index (χ4n) is 4.03. The highest BCUT2D eigenvalue weighted by Gasteiger charge is 2.32. The minimum Gasteiger partial charge on any atom is -0.477 e. The largest absolute Gasteiger partial charge is 0.477 e. The summed E-state index contributed by atoms with van der Waals surface area (Å²) in [5.74, 6) is -0.159. The summed E-state index contributed by atoms with van der Waals surface area (Å²) in [6.45, 7) is 0.231. The second-order valence-corrected chi connectivity index (χ2v) is 10.0. The van der Waals surface area contributed by atoms with Crippen LogP contribution in [0, 0.1) is 11.7 Å². The van der Waals surface area contributed by atoms with E-state index in [4.69, 9.17) is 9.47 Å². The molecule has 4 heterocycles. The summed E-state index contributed by atoms with van der Waals surface area (Å²) in [4.78, 5) is 13.9. The van der Waals surface area contributed by atoms with Gasteiger partial charge in [0.2, 0.25) is 11.8 Å². The molecule has 1 unspecified atom stereocenters. The fourth-order valence-corrected chi connectivity index (χ4v) is 4.49. The van der Waals surface area contributed by atoms with Gasteiger partial charge in [0.1, 0.15) is 34.8 Å². The monoisotopic (exact) mass is 553 g/mol. The van der Waals surface area contributed by atoms with E-state index < -0.39 is 29.5 Å². The molecule has 1 atom stereocenters. The lowest BCUT2D eigenvalue weighted by Gasteiger charge is -2.32. The highest BCUT2D eigenvalue weighted by atomic mass is 32.2. The van der Waals surface area contributed by atoms with Crippen molar-refractivity contribution in [1.29, 1.82) is 0 Å². The Balaban J connectivity index is 1.43. The summed E-state index contributed by atoms with van der Waals surface area (Å²) in [6, 6.07) is 7.74. The van der Waals surface area contributed by atoms with E-state index in [1.807, 2.05) is 0 Å². The number of hydrogen-bond donors (Lipinski definition) is 1. The van der Waals surface area contributed by atoms with Gasteiger partial charge in [-0.2, -0.15) is 13.2 Å². The number of anilines is 1. The fraction of sp³-hybridized carbons (Fsp3) is 0.400. The minimum atomic E-state index is -4.21. The number of hydrogen-bond acceptors (Lipinski definition) is 7. The molecule has 0 aliphatic carbocycles. The van der Waals surface area contributed by atoms with Crippen LogP contribution in [0.5, 0.6) is 11.8 Å². The first kappa shape index (κ1) is 27.7. The molecule has 1 aliphatic rings. The van der Waals surface area contributed by atoms with Crippen LogP contribution in [0.3, 0.4) is 0 Å². The van der Waals surface area contributed by atoms with E-state index in [-0.39, 0.29) is 36.6 Å². The maximum atomic E-state index is 14.7. The molecule has 0 spiro atoms. The molecule has 0 aromatic carbocycles. The Labute approximate surface area is 220 Å². The predicted octanol–water partition coefficient (Wildman–Crippen LogP) is 4.62. The van der Waals surface area contributed by atoms with Gasteiger partial charge in [0.25, 0.3) is 0 Å². The zero-order valence-electron chi connectivity index (χ0n) is 20.6. The van der Waals surface area contributed by atoms with Gasteiger partial charge in [0.15, 0.2) is 0 Å². The van der Waals surface area contributed by atoms with Crippen molar-refractivity contribution in [3.8, 4) is 23.0 Å². The van der Waals surface area contributed by atoms with Gasteiger partial charge in [-0.3, -0.25) is 9.88 Å². The van der Waals surface area contributed by atoms with Gasteiger partial charge in [-0.05, 0) is 61.7 Å². The van der Waals surface area contributed by atoms with Crippen molar-refractivity contribution in [3.63, 3.8) is 0 Å². The van der Waals surface area contributed by atoms with Crippen LogP contribution in [0.2, 0.25) is 0 Å². The molecule has 1 fully saturated rings. The smallest absolute Gasteiger partial charge is 0.401 e. The molecule has 4 rings (SSSR count). The number of nitrogens with zero attached hydrogens (tertiary/aromatic N) is 4. The van der Waals surface area contributed by atoms with Crippen molar-refractivity contribution in [1.82, 2.24) is 19.9 Å². The van der Waals surface area contributed by atoms with Crippen LogP contribution in [0.4, 0.5) is 23.2 Å². The van der Waals surface area contributed by atoms with E-state index in [2.05, 4.69) is 19.7 Å². The number of nitrogens with one attached hydrogen (secondary N) is 1.